The van der Waals surface area contributed by atoms with Gasteiger partial charge in [0.1, 0.15) is 5.75 Å². The van der Waals surface area contributed by atoms with Crippen molar-refractivity contribution in [2.45, 2.75) is 14.7 Å². The molecule has 0 atom stereocenters. The first-order chi connectivity index (χ1) is 12.8. The molecule has 0 aromatic heterocycles. The summed E-state index contributed by atoms with van der Waals surface area (Å²) in [6, 6.07) is 19.6. The van der Waals surface area contributed by atoms with Gasteiger partial charge in [0, 0.05) is 0 Å². The molecule has 0 unspecified atom stereocenters. The van der Waals surface area contributed by atoms with Crippen molar-refractivity contribution in [3.63, 3.8) is 0 Å². The first-order valence-corrected chi connectivity index (χ1v) is 10.9. The fourth-order valence-corrected chi connectivity index (χ4v) is 4.99. The van der Waals surface area contributed by atoms with Gasteiger partial charge in [-0.25, -0.2) is 16.8 Å². The minimum Gasteiger partial charge on any atom is -0.495 e. The zero-order valence-electron chi connectivity index (χ0n) is 14.4. The maximum Gasteiger partial charge on any atom is 0.262 e. The summed E-state index contributed by atoms with van der Waals surface area (Å²) >= 11 is 0. The quantitative estimate of drug-likeness (QED) is 0.682. The van der Waals surface area contributed by atoms with Gasteiger partial charge in [-0.05, 0) is 42.5 Å². The Hall–Kier alpha value is -2.84. The van der Waals surface area contributed by atoms with Crippen LogP contribution < -0.4 is 9.46 Å². The van der Waals surface area contributed by atoms with Gasteiger partial charge in [-0.1, -0.05) is 36.4 Å². The van der Waals surface area contributed by atoms with E-state index in [9.17, 15) is 16.8 Å². The molecule has 0 saturated carbocycles. The van der Waals surface area contributed by atoms with Crippen LogP contribution in [0.4, 0.5) is 5.69 Å². The number of rotatable bonds is 6. The highest BCUT2D eigenvalue weighted by Crippen LogP contribution is 2.28. The molecule has 0 heterocycles. The van der Waals surface area contributed by atoms with Crippen LogP contribution >= 0.6 is 0 Å². The lowest BCUT2D eigenvalue weighted by Gasteiger charge is -2.12. The SMILES string of the molecule is COc1ccccc1NS(=O)(=O)c1cccc(S(=O)(=O)c2ccccc2)c1. The van der Waals surface area contributed by atoms with Crippen LogP contribution in [0.15, 0.2) is 93.5 Å². The second-order valence-corrected chi connectivity index (χ2v) is 9.23. The second-order valence-electron chi connectivity index (χ2n) is 5.60. The number of methoxy groups -OCH3 is 1. The van der Waals surface area contributed by atoms with Gasteiger partial charge in [0.2, 0.25) is 9.84 Å². The van der Waals surface area contributed by atoms with Gasteiger partial charge in [-0.2, -0.15) is 0 Å². The Morgan fingerprint density at radius 3 is 2.00 bits per heavy atom. The fraction of sp³-hybridized carbons (Fsp3) is 0.0526. The molecule has 0 aliphatic rings. The van der Waals surface area contributed by atoms with E-state index in [1.54, 1.807) is 42.5 Å². The zero-order valence-corrected chi connectivity index (χ0v) is 16.0. The van der Waals surface area contributed by atoms with E-state index < -0.39 is 19.9 Å². The topological polar surface area (TPSA) is 89.5 Å². The van der Waals surface area contributed by atoms with Crippen LogP contribution in [-0.2, 0) is 19.9 Å². The molecule has 0 aliphatic heterocycles. The molecule has 0 aliphatic carbocycles. The van der Waals surface area contributed by atoms with Gasteiger partial charge in [-0.3, -0.25) is 4.72 Å². The van der Waals surface area contributed by atoms with Crippen LogP contribution in [0.5, 0.6) is 5.75 Å². The van der Waals surface area contributed by atoms with Crippen LogP contribution in [0.1, 0.15) is 0 Å². The summed E-state index contributed by atoms with van der Waals surface area (Å²) in [6.45, 7) is 0. The number of sulfonamides is 1. The highest BCUT2D eigenvalue weighted by molar-refractivity contribution is 7.93. The van der Waals surface area contributed by atoms with Crippen LogP contribution in [0.25, 0.3) is 0 Å². The Kier molecular flexibility index (Phi) is 5.20. The monoisotopic (exact) mass is 403 g/mol. The third kappa shape index (κ3) is 3.96. The van der Waals surface area contributed by atoms with E-state index in [0.29, 0.717) is 5.75 Å². The fourth-order valence-electron chi connectivity index (χ4n) is 2.48. The zero-order chi connectivity index (χ0) is 19.5. The van der Waals surface area contributed by atoms with E-state index in [1.165, 1.54) is 37.4 Å². The Morgan fingerprint density at radius 1 is 0.704 bits per heavy atom. The lowest BCUT2D eigenvalue weighted by molar-refractivity contribution is 0.417. The minimum absolute atomic E-state index is 0.0947. The largest absolute Gasteiger partial charge is 0.495 e. The first-order valence-electron chi connectivity index (χ1n) is 7.90. The van der Waals surface area contributed by atoms with Crippen molar-refractivity contribution in [2.75, 3.05) is 11.8 Å². The smallest absolute Gasteiger partial charge is 0.262 e. The third-order valence-corrected chi connectivity index (χ3v) is 6.96. The number of hydrogen-bond acceptors (Lipinski definition) is 5. The number of anilines is 1. The van der Waals surface area contributed by atoms with Gasteiger partial charge in [0.15, 0.2) is 0 Å². The van der Waals surface area contributed by atoms with Crippen molar-refractivity contribution >= 4 is 25.5 Å². The summed E-state index contributed by atoms with van der Waals surface area (Å²) in [4.78, 5) is -0.167. The molecule has 6 nitrogen and oxygen atoms in total. The molecule has 3 aromatic rings. The second kappa shape index (κ2) is 7.42. The van der Waals surface area contributed by atoms with E-state index in [1.807, 2.05) is 0 Å². The first kappa shape index (κ1) is 18.9. The van der Waals surface area contributed by atoms with Crippen LogP contribution in [0, 0.1) is 0 Å². The minimum atomic E-state index is -4.01. The lowest BCUT2D eigenvalue weighted by atomic mass is 10.3. The Balaban J connectivity index is 2.00. The highest BCUT2D eigenvalue weighted by atomic mass is 32.2. The molecule has 0 fully saturated rings. The summed E-state index contributed by atoms with van der Waals surface area (Å²) < 4.78 is 58.5. The molecular formula is C19H17NO5S2. The maximum absolute atomic E-state index is 12.7. The molecule has 27 heavy (non-hydrogen) atoms. The predicted molar refractivity (Wildman–Crippen MR) is 102 cm³/mol. The summed E-state index contributed by atoms with van der Waals surface area (Å²) in [5, 5.41) is 0. The van der Waals surface area contributed by atoms with E-state index >= 15 is 0 Å². The van der Waals surface area contributed by atoms with Crippen molar-refractivity contribution in [3.8, 4) is 5.75 Å². The third-order valence-electron chi connectivity index (χ3n) is 3.83. The van der Waals surface area contributed by atoms with E-state index in [2.05, 4.69) is 4.72 Å². The molecule has 0 bridgehead atoms. The van der Waals surface area contributed by atoms with Gasteiger partial charge in [0.25, 0.3) is 10.0 Å². The van der Waals surface area contributed by atoms with Crippen LogP contribution in [0.3, 0.4) is 0 Å². The summed E-state index contributed by atoms with van der Waals surface area (Å²) in [5.74, 6) is 0.356. The van der Waals surface area contributed by atoms with Crippen LogP contribution in [0.2, 0.25) is 0 Å². The molecule has 140 valence electrons. The van der Waals surface area contributed by atoms with Crippen molar-refractivity contribution in [3.05, 3.63) is 78.9 Å². The van der Waals surface area contributed by atoms with Crippen LogP contribution in [-0.4, -0.2) is 23.9 Å². The summed E-state index contributed by atoms with van der Waals surface area (Å²) in [5.41, 5.74) is 0.260. The Labute approximate surface area is 158 Å². The van der Waals surface area contributed by atoms with E-state index in [-0.39, 0.29) is 20.4 Å². The van der Waals surface area contributed by atoms with Crippen molar-refractivity contribution < 1.29 is 21.6 Å². The average Bonchev–Trinajstić information content (AvgIpc) is 2.69. The predicted octanol–water partition coefficient (Wildman–Crippen LogP) is 3.33. The number of sulfone groups is 1. The normalized spacial score (nSPS) is 11.7. The van der Waals surface area contributed by atoms with Gasteiger partial charge in [0.05, 0.1) is 27.5 Å². The Morgan fingerprint density at radius 2 is 1.30 bits per heavy atom. The molecule has 0 amide bonds. The van der Waals surface area contributed by atoms with E-state index in [4.69, 9.17) is 4.74 Å². The molecule has 8 heteroatoms. The van der Waals surface area contributed by atoms with Gasteiger partial charge < -0.3 is 4.74 Å². The number of para-hydroxylation sites is 2. The molecule has 0 saturated heterocycles. The molecule has 0 radical (unpaired) electrons. The Bertz CT molecular complexity index is 1160. The van der Waals surface area contributed by atoms with Crippen molar-refractivity contribution in [2.24, 2.45) is 0 Å². The standard InChI is InChI=1S/C19H17NO5S2/c1-25-19-13-6-5-12-18(19)20-27(23,24)17-11-7-10-16(14-17)26(21,22)15-8-3-2-4-9-15/h2-14,20H,1H3. The number of ether oxygens (including phenoxy) is 1. The molecule has 1 N–H and O–H groups in total. The van der Waals surface area contributed by atoms with E-state index in [0.717, 1.165) is 6.07 Å². The maximum atomic E-state index is 12.7. The molecule has 0 spiro atoms. The molecule has 3 aromatic carbocycles. The molecule has 3 rings (SSSR count). The highest BCUT2D eigenvalue weighted by Gasteiger charge is 2.22. The van der Waals surface area contributed by atoms with Gasteiger partial charge in [-0.15, -0.1) is 0 Å². The number of nitrogens with one attached hydrogen (secondary N) is 1. The summed E-state index contributed by atoms with van der Waals surface area (Å²) in [6.07, 6.45) is 0. The van der Waals surface area contributed by atoms with Gasteiger partial charge >= 0.3 is 0 Å². The molecular weight excluding hydrogens is 386 g/mol. The lowest BCUT2D eigenvalue weighted by Crippen LogP contribution is -2.14. The van der Waals surface area contributed by atoms with Crippen molar-refractivity contribution in [1.82, 2.24) is 0 Å². The summed E-state index contributed by atoms with van der Waals surface area (Å²) in [7, 11) is -6.40. The number of hydrogen-bond donors (Lipinski definition) is 1. The average molecular weight is 403 g/mol. The van der Waals surface area contributed by atoms with Crippen molar-refractivity contribution in [1.29, 1.82) is 0 Å². The number of benzene rings is 3.